The first kappa shape index (κ1) is 18.4. The number of carboxylic acids is 1. The van der Waals surface area contributed by atoms with E-state index in [1.807, 2.05) is 6.92 Å². The van der Waals surface area contributed by atoms with Crippen LogP contribution in [0, 0.1) is 6.92 Å². The number of aryl methyl sites for hydroxylation is 1. The molecular weight excluding hydrogens is 350 g/mol. The molecule has 0 saturated carbocycles. The lowest BCUT2D eigenvalue weighted by atomic mass is 10.1. The van der Waals surface area contributed by atoms with Gasteiger partial charge in [-0.2, -0.15) is 4.31 Å². The van der Waals surface area contributed by atoms with Crippen molar-refractivity contribution >= 4 is 27.6 Å². The Kier molecular flexibility index (Phi) is 5.64. The number of carboxylic acid groups (broad SMARTS) is 1. The number of carbonyl (C=O) groups is 1. The van der Waals surface area contributed by atoms with Crippen LogP contribution in [0.2, 0.25) is 5.02 Å². The van der Waals surface area contributed by atoms with E-state index in [1.165, 1.54) is 19.2 Å². The molecule has 1 atom stereocenters. The van der Waals surface area contributed by atoms with Crippen molar-refractivity contribution in [2.45, 2.75) is 24.3 Å². The van der Waals surface area contributed by atoms with Crippen molar-refractivity contribution in [3.05, 3.63) is 64.7 Å². The highest BCUT2D eigenvalue weighted by Crippen LogP contribution is 2.20. The van der Waals surface area contributed by atoms with E-state index in [-0.39, 0.29) is 11.3 Å². The van der Waals surface area contributed by atoms with Gasteiger partial charge in [-0.05, 0) is 43.2 Å². The number of aliphatic carboxylic acids is 1. The van der Waals surface area contributed by atoms with Crippen molar-refractivity contribution in [1.82, 2.24) is 4.31 Å². The maximum Gasteiger partial charge on any atom is 0.322 e. The third-order valence-corrected chi connectivity index (χ3v) is 5.86. The van der Waals surface area contributed by atoms with E-state index >= 15 is 0 Å². The summed E-state index contributed by atoms with van der Waals surface area (Å²) in [5, 5.41) is 9.96. The first-order valence-corrected chi connectivity index (χ1v) is 9.05. The maximum atomic E-state index is 12.7. The molecule has 0 aliphatic rings. The van der Waals surface area contributed by atoms with Crippen LogP contribution >= 0.6 is 11.6 Å². The van der Waals surface area contributed by atoms with E-state index in [4.69, 9.17) is 11.6 Å². The van der Waals surface area contributed by atoms with Gasteiger partial charge >= 0.3 is 5.97 Å². The largest absolute Gasteiger partial charge is 0.480 e. The highest BCUT2D eigenvalue weighted by Gasteiger charge is 2.32. The summed E-state index contributed by atoms with van der Waals surface area (Å²) < 4.78 is 26.3. The van der Waals surface area contributed by atoms with Gasteiger partial charge in [0, 0.05) is 12.1 Å². The topological polar surface area (TPSA) is 74.7 Å². The summed E-state index contributed by atoms with van der Waals surface area (Å²) in [6.45, 7) is 1.85. The number of likely N-dealkylation sites (N-methyl/N-ethyl adjacent to an activating group) is 1. The van der Waals surface area contributed by atoms with Crippen molar-refractivity contribution in [2.24, 2.45) is 0 Å². The number of hydrogen-bond donors (Lipinski definition) is 1. The second-order valence-electron chi connectivity index (χ2n) is 5.52. The minimum absolute atomic E-state index is 0.0253. The molecule has 0 aliphatic carbocycles. The number of halogens is 1. The van der Waals surface area contributed by atoms with Gasteiger partial charge in [-0.25, -0.2) is 8.42 Å². The quantitative estimate of drug-likeness (QED) is 0.851. The number of sulfonamides is 1. The van der Waals surface area contributed by atoms with Crippen LogP contribution in [0.25, 0.3) is 0 Å². The lowest BCUT2D eigenvalue weighted by Gasteiger charge is -2.24. The first-order chi connectivity index (χ1) is 11.2. The third-order valence-electron chi connectivity index (χ3n) is 3.74. The summed E-state index contributed by atoms with van der Waals surface area (Å²) in [6, 6.07) is 11.8. The van der Waals surface area contributed by atoms with Crippen molar-refractivity contribution < 1.29 is 18.3 Å². The Morgan fingerprint density at radius 3 is 2.38 bits per heavy atom. The van der Waals surface area contributed by atoms with E-state index in [0.29, 0.717) is 10.6 Å². The number of nitrogens with zero attached hydrogens (tertiary/aromatic N) is 1. The molecule has 0 bridgehead atoms. The van der Waals surface area contributed by atoms with Crippen LogP contribution in [-0.2, 0) is 21.2 Å². The van der Waals surface area contributed by atoms with Gasteiger partial charge in [-0.3, -0.25) is 4.79 Å². The molecule has 0 aliphatic heterocycles. The van der Waals surface area contributed by atoms with Gasteiger partial charge in [-0.1, -0.05) is 41.4 Å². The van der Waals surface area contributed by atoms with Crippen LogP contribution in [-0.4, -0.2) is 36.9 Å². The van der Waals surface area contributed by atoms with Crippen LogP contribution in [0.4, 0.5) is 0 Å². The van der Waals surface area contributed by atoms with Gasteiger partial charge in [0.15, 0.2) is 0 Å². The minimum Gasteiger partial charge on any atom is -0.480 e. The van der Waals surface area contributed by atoms with E-state index < -0.39 is 22.0 Å². The van der Waals surface area contributed by atoms with Gasteiger partial charge < -0.3 is 5.11 Å². The number of rotatable bonds is 6. The van der Waals surface area contributed by atoms with Crippen molar-refractivity contribution in [3.63, 3.8) is 0 Å². The molecule has 0 radical (unpaired) electrons. The zero-order valence-corrected chi connectivity index (χ0v) is 14.9. The monoisotopic (exact) mass is 367 g/mol. The smallest absolute Gasteiger partial charge is 0.322 e. The Labute approximate surface area is 146 Å². The zero-order chi connectivity index (χ0) is 17.9. The minimum atomic E-state index is -3.91. The van der Waals surface area contributed by atoms with Gasteiger partial charge in [0.2, 0.25) is 10.0 Å². The summed E-state index contributed by atoms with van der Waals surface area (Å²) in [7, 11) is -2.63. The second-order valence-corrected chi connectivity index (χ2v) is 7.96. The molecule has 0 amide bonds. The molecule has 0 heterocycles. The van der Waals surface area contributed by atoms with Gasteiger partial charge in [0.05, 0.1) is 4.90 Å². The van der Waals surface area contributed by atoms with Crippen molar-refractivity contribution in [3.8, 4) is 0 Å². The van der Waals surface area contributed by atoms with Crippen molar-refractivity contribution in [1.29, 1.82) is 0 Å². The first-order valence-electron chi connectivity index (χ1n) is 7.24. The molecule has 2 aromatic carbocycles. The molecule has 0 aromatic heterocycles. The average molecular weight is 368 g/mol. The molecule has 24 heavy (non-hydrogen) atoms. The summed E-state index contributed by atoms with van der Waals surface area (Å²) >= 11 is 5.91. The Hall–Kier alpha value is -1.89. The summed E-state index contributed by atoms with van der Waals surface area (Å²) in [4.78, 5) is 11.7. The lowest BCUT2D eigenvalue weighted by Crippen LogP contribution is -2.43. The van der Waals surface area contributed by atoms with E-state index in [1.54, 1.807) is 36.4 Å². The van der Waals surface area contributed by atoms with E-state index in [0.717, 1.165) is 9.87 Å². The lowest BCUT2D eigenvalue weighted by molar-refractivity contribution is -0.141. The predicted molar refractivity (Wildman–Crippen MR) is 92.7 cm³/mol. The van der Waals surface area contributed by atoms with E-state index in [9.17, 15) is 18.3 Å². The zero-order valence-electron chi connectivity index (χ0n) is 13.3. The van der Waals surface area contributed by atoms with Crippen molar-refractivity contribution in [2.75, 3.05) is 7.05 Å². The van der Waals surface area contributed by atoms with Crippen LogP contribution in [0.15, 0.2) is 53.4 Å². The van der Waals surface area contributed by atoms with Gasteiger partial charge in [0.25, 0.3) is 0 Å². The molecule has 0 unspecified atom stereocenters. The standard InChI is InChI=1S/C17H18ClNO4S/c1-12-6-8-15(9-7-12)24(22,23)19(2)16(17(20)21)11-13-4-3-5-14(18)10-13/h3-10,16H,11H2,1-2H3,(H,20,21)/t16-/m0/s1. The molecule has 0 spiro atoms. The third kappa shape index (κ3) is 4.14. The Morgan fingerprint density at radius 1 is 1.21 bits per heavy atom. The fourth-order valence-electron chi connectivity index (χ4n) is 2.30. The Bertz CT molecular complexity index is 834. The Morgan fingerprint density at radius 2 is 1.83 bits per heavy atom. The number of benzene rings is 2. The molecule has 1 N–H and O–H groups in total. The maximum absolute atomic E-state index is 12.7. The van der Waals surface area contributed by atoms with Crippen LogP contribution in [0.1, 0.15) is 11.1 Å². The molecule has 0 fully saturated rings. The molecule has 128 valence electrons. The SMILES string of the molecule is Cc1ccc(S(=O)(=O)N(C)[C@@H](Cc2cccc(Cl)c2)C(=O)O)cc1. The molecule has 2 aromatic rings. The molecule has 7 heteroatoms. The van der Waals surface area contributed by atoms with Crippen LogP contribution < -0.4 is 0 Å². The fourth-order valence-corrected chi connectivity index (χ4v) is 3.83. The van der Waals surface area contributed by atoms with E-state index in [2.05, 4.69) is 0 Å². The normalized spacial score (nSPS) is 13.0. The summed E-state index contributed by atoms with van der Waals surface area (Å²) in [5.41, 5.74) is 1.58. The van der Waals surface area contributed by atoms with Gasteiger partial charge in [-0.15, -0.1) is 0 Å². The van der Waals surface area contributed by atoms with Crippen LogP contribution in [0.5, 0.6) is 0 Å². The highest BCUT2D eigenvalue weighted by molar-refractivity contribution is 7.89. The predicted octanol–water partition coefficient (Wildman–Crippen LogP) is 2.96. The molecule has 2 rings (SSSR count). The average Bonchev–Trinajstić information content (AvgIpc) is 2.52. The number of hydrogen-bond acceptors (Lipinski definition) is 3. The summed E-state index contributed by atoms with van der Waals surface area (Å²) in [6.07, 6.45) is 0.0253. The molecule has 5 nitrogen and oxygen atoms in total. The van der Waals surface area contributed by atoms with Gasteiger partial charge in [0.1, 0.15) is 6.04 Å². The highest BCUT2D eigenvalue weighted by atomic mass is 35.5. The van der Waals surface area contributed by atoms with Crippen LogP contribution in [0.3, 0.4) is 0 Å². The Balaban J connectivity index is 2.33. The second kappa shape index (κ2) is 7.34. The molecule has 0 saturated heterocycles. The summed E-state index contributed by atoms with van der Waals surface area (Å²) in [5.74, 6) is -1.21. The fraction of sp³-hybridized carbons (Fsp3) is 0.235. The molecular formula is C17H18ClNO4S.